The predicted octanol–water partition coefficient (Wildman–Crippen LogP) is 3.67. The molecule has 2 aromatic rings. The lowest BCUT2D eigenvalue weighted by Gasteiger charge is -2.15. The van der Waals surface area contributed by atoms with Crippen molar-refractivity contribution in [3.05, 3.63) is 51.9 Å². The second-order valence-corrected chi connectivity index (χ2v) is 10.2. The van der Waals surface area contributed by atoms with Crippen LogP contribution in [0.2, 0.25) is 0 Å². The average Bonchev–Trinajstić information content (AvgIpc) is 3.35. The first-order chi connectivity index (χ1) is 14.1. The summed E-state index contributed by atoms with van der Waals surface area (Å²) in [5.41, 5.74) is 2.12. The molecule has 2 aliphatic rings. The van der Waals surface area contributed by atoms with Crippen LogP contribution < -0.4 is 10.9 Å². The van der Waals surface area contributed by atoms with Crippen LogP contribution in [0.25, 0.3) is 0 Å². The van der Waals surface area contributed by atoms with E-state index in [9.17, 15) is 9.59 Å². The largest absolute Gasteiger partial charge is 0.353 e. The fourth-order valence-electron chi connectivity index (χ4n) is 3.99. The molecule has 0 saturated heterocycles. The van der Waals surface area contributed by atoms with Crippen LogP contribution in [0.4, 0.5) is 0 Å². The van der Waals surface area contributed by atoms with Crippen LogP contribution in [0.3, 0.4) is 0 Å². The minimum atomic E-state index is 0.0361. The van der Waals surface area contributed by atoms with Gasteiger partial charge in [-0.3, -0.25) is 14.2 Å². The maximum atomic E-state index is 13.2. The Morgan fingerprint density at radius 3 is 2.79 bits per heavy atom. The quantitative estimate of drug-likeness (QED) is 0.537. The van der Waals surface area contributed by atoms with Gasteiger partial charge in [-0.15, -0.1) is 11.8 Å². The van der Waals surface area contributed by atoms with Crippen molar-refractivity contribution in [3.63, 3.8) is 0 Å². The molecule has 1 unspecified atom stereocenters. The van der Waals surface area contributed by atoms with Crippen LogP contribution in [-0.4, -0.2) is 32.5 Å². The Hall–Kier alpha value is -1.73. The Labute approximate surface area is 180 Å². The first-order valence-corrected chi connectivity index (χ1v) is 12.2. The number of aromatic nitrogens is 2. The van der Waals surface area contributed by atoms with Gasteiger partial charge >= 0.3 is 0 Å². The first-order valence-electron chi connectivity index (χ1n) is 10.4. The number of thioether (sulfide) groups is 2. The summed E-state index contributed by atoms with van der Waals surface area (Å²) in [6, 6.07) is 10.5. The lowest BCUT2D eigenvalue weighted by molar-refractivity contribution is -0.119. The third-order valence-corrected chi connectivity index (χ3v) is 7.67. The fourth-order valence-corrected chi connectivity index (χ4v) is 5.96. The molecule has 0 bridgehead atoms. The van der Waals surface area contributed by atoms with Crippen molar-refractivity contribution in [1.29, 1.82) is 0 Å². The average molecular weight is 430 g/mol. The van der Waals surface area contributed by atoms with Gasteiger partial charge in [0.2, 0.25) is 5.91 Å². The summed E-state index contributed by atoms with van der Waals surface area (Å²) < 4.78 is 1.77. The third-order valence-electron chi connectivity index (χ3n) is 5.48. The molecule has 0 radical (unpaired) electrons. The summed E-state index contributed by atoms with van der Waals surface area (Å²) in [5, 5.41) is 4.16. The maximum absolute atomic E-state index is 13.2. The number of fused-ring (bicyclic) bond motifs is 1. The highest BCUT2D eigenvalue weighted by atomic mass is 32.2. The van der Waals surface area contributed by atoms with E-state index in [-0.39, 0.29) is 11.5 Å². The van der Waals surface area contributed by atoms with Gasteiger partial charge < -0.3 is 5.32 Å². The monoisotopic (exact) mass is 429 g/mol. The Morgan fingerprint density at radius 1 is 1.28 bits per heavy atom. The Bertz CT molecular complexity index is 924. The molecule has 4 rings (SSSR count). The molecule has 1 atom stereocenters. The minimum absolute atomic E-state index is 0.0361. The third kappa shape index (κ3) is 5.07. The number of hydrogen-bond donors (Lipinski definition) is 1. The van der Waals surface area contributed by atoms with E-state index in [1.54, 1.807) is 16.3 Å². The van der Waals surface area contributed by atoms with E-state index in [1.807, 2.05) is 18.2 Å². The molecule has 1 saturated carbocycles. The molecule has 1 amide bonds. The number of hydrogen-bond acceptors (Lipinski definition) is 5. The van der Waals surface area contributed by atoms with Gasteiger partial charge in [-0.25, -0.2) is 4.98 Å². The van der Waals surface area contributed by atoms with E-state index in [0.717, 1.165) is 36.3 Å². The Kier molecular flexibility index (Phi) is 6.65. The van der Waals surface area contributed by atoms with Crippen molar-refractivity contribution in [2.24, 2.45) is 0 Å². The van der Waals surface area contributed by atoms with Crippen LogP contribution in [-0.2, 0) is 24.2 Å². The summed E-state index contributed by atoms with van der Waals surface area (Å²) in [5.74, 6) is 0.337. The number of benzene rings is 1. The number of aryl methyl sites for hydroxylation is 1. The molecule has 29 heavy (non-hydrogen) atoms. The van der Waals surface area contributed by atoms with Crippen molar-refractivity contribution < 1.29 is 4.79 Å². The van der Waals surface area contributed by atoms with Crippen LogP contribution in [0, 0.1) is 0 Å². The lowest BCUT2D eigenvalue weighted by atomic mass is 10.1. The van der Waals surface area contributed by atoms with Gasteiger partial charge in [-0.2, -0.15) is 0 Å². The zero-order valence-electron chi connectivity index (χ0n) is 16.7. The SMILES string of the molecule is CC1Cc2nc(SCC(=O)NC3CCCC3)n(CCc3ccccc3)c(=O)c2S1. The van der Waals surface area contributed by atoms with Crippen LogP contribution in [0.15, 0.2) is 45.2 Å². The second-order valence-electron chi connectivity index (χ2n) is 7.83. The first kappa shape index (κ1) is 20.5. The number of rotatable bonds is 7. The summed E-state index contributed by atoms with van der Waals surface area (Å²) in [4.78, 5) is 31.1. The lowest BCUT2D eigenvalue weighted by Crippen LogP contribution is -2.34. The highest BCUT2D eigenvalue weighted by Gasteiger charge is 2.26. The molecule has 0 spiro atoms. The van der Waals surface area contributed by atoms with E-state index in [4.69, 9.17) is 4.98 Å². The number of nitrogens with one attached hydrogen (secondary N) is 1. The van der Waals surface area contributed by atoms with E-state index >= 15 is 0 Å². The van der Waals surface area contributed by atoms with Gasteiger partial charge in [-0.05, 0) is 24.8 Å². The van der Waals surface area contributed by atoms with Crippen molar-refractivity contribution >= 4 is 29.4 Å². The summed E-state index contributed by atoms with van der Waals surface area (Å²) >= 11 is 3.01. The van der Waals surface area contributed by atoms with Gasteiger partial charge in [0.1, 0.15) is 0 Å². The highest BCUT2D eigenvalue weighted by Crippen LogP contribution is 2.34. The molecule has 5 nitrogen and oxygen atoms in total. The highest BCUT2D eigenvalue weighted by molar-refractivity contribution is 8.00. The molecular formula is C22H27N3O2S2. The minimum Gasteiger partial charge on any atom is -0.353 e. The molecule has 7 heteroatoms. The van der Waals surface area contributed by atoms with Crippen molar-refractivity contribution in [1.82, 2.24) is 14.9 Å². The standard InChI is InChI=1S/C22H27N3O2S2/c1-15-13-18-20(29-15)21(27)25(12-11-16-7-3-2-4-8-16)22(24-18)28-14-19(26)23-17-9-5-6-10-17/h2-4,7-8,15,17H,5-6,9-14H2,1H3,(H,23,26). The number of amides is 1. The smallest absolute Gasteiger partial charge is 0.268 e. The van der Waals surface area contributed by atoms with Gasteiger partial charge in [0.15, 0.2) is 5.16 Å². The number of carbonyl (C=O) groups is 1. The molecule has 1 aromatic carbocycles. The molecule has 1 aromatic heterocycles. The normalized spacial score (nSPS) is 18.7. The Balaban J connectivity index is 1.51. The molecule has 1 aliphatic heterocycles. The van der Waals surface area contributed by atoms with E-state index in [2.05, 4.69) is 24.4 Å². The zero-order chi connectivity index (χ0) is 20.2. The molecule has 1 aliphatic carbocycles. The Morgan fingerprint density at radius 2 is 2.03 bits per heavy atom. The van der Waals surface area contributed by atoms with Crippen molar-refractivity contribution in [3.8, 4) is 0 Å². The number of nitrogens with zero attached hydrogens (tertiary/aromatic N) is 2. The second kappa shape index (κ2) is 9.39. The number of carbonyl (C=O) groups excluding carboxylic acids is 1. The van der Waals surface area contributed by atoms with Crippen LogP contribution in [0.5, 0.6) is 0 Å². The van der Waals surface area contributed by atoms with Crippen LogP contribution >= 0.6 is 23.5 Å². The predicted molar refractivity (Wildman–Crippen MR) is 119 cm³/mol. The van der Waals surface area contributed by atoms with Crippen molar-refractivity contribution in [2.45, 2.75) is 73.3 Å². The summed E-state index contributed by atoms with van der Waals surface area (Å²) in [6.45, 7) is 2.70. The zero-order valence-corrected chi connectivity index (χ0v) is 18.4. The van der Waals surface area contributed by atoms with E-state index in [0.29, 0.717) is 28.7 Å². The maximum Gasteiger partial charge on any atom is 0.268 e. The summed E-state index contributed by atoms with van der Waals surface area (Å²) in [7, 11) is 0. The molecular weight excluding hydrogens is 402 g/mol. The van der Waals surface area contributed by atoms with Gasteiger partial charge in [-0.1, -0.05) is 61.9 Å². The fraction of sp³-hybridized carbons (Fsp3) is 0.500. The van der Waals surface area contributed by atoms with Gasteiger partial charge in [0.05, 0.1) is 16.3 Å². The van der Waals surface area contributed by atoms with E-state index in [1.165, 1.54) is 30.2 Å². The molecule has 1 N–H and O–H groups in total. The van der Waals surface area contributed by atoms with Crippen LogP contribution in [0.1, 0.15) is 43.9 Å². The molecule has 1 fully saturated rings. The summed E-state index contributed by atoms with van der Waals surface area (Å²) in [6.07, 6.45) is 6.12. The van der Waals surface area contributed by atoms with Crippen molar-refractivity contribution in [2.75, 3.05) is 5.75 Å². The molecule has 2 heterocycles. The topological polar surface area (TPSA) is 64.0 Å². The molecule has 154 valence electrons. The van der Waals surface area contributed by atoms with Gasteiger partial charge in [0, 0.05) is 24.3 Å². The van der Waals surface area contributed by atoms with E-state index < -0.39 is 0 Å². The van der Waals surface area contributed by atoms with Gasteiger partial charge in [0.25, 0.3) is 5.56 Å².